The minimum absolute atomic E-state index is 0.00626. The number of aliphatic hydroxyl groups is 1. The zero-order valence-corrected chi connectivity index (χ0v) is 14.2. The molecule has 3 rings (SSSR count). The number of amides is 2. The smallest absolute Gasteiger partial charge is 0.254 e. The lowest BCUT2D eigenvalue weighted by Crippen LogP contribution is -2.55. The Morgan fingerprint density at radius 2 is 2.12 bits per heavy atom. The van der Waals surface area contributed by atoms with E-state index in [1.54, 1.807) is 4.90 Å². The highest BCUT2D eigenvalue weighted by Gasteiger charge is 2.36. The van der Waals surface area contributed by atoms with E-state index in [2.05, 4.69) is 5.32 Å². The maximum atomic E-state index is 13.9. The van der Waals surface area contributed by atoms with Gasteiger partial charge in [-0.2, -0.15) is 0 Å². The van der Waals surface area contributed by atoms with E-state index in [1.165, 1.54) is 19.2 Å². The summed E-state index contributed by atoms with van der Waals surface area (Å²) in [5.74, 6) is -0.792. The number of halogens is 1. The number of hydrogen-bond acceptors (Lipinski definition) is 4. The van der Waals surface area contributed by atoms with Crippen LogP contribution in [0.4, 0.5) is 4.39 Å². The van der Waals surface area contributed by atoms with Crippen LogP contribution >= 0.6 is 0 Å². The van der Waals surface area contributed by atoms with Gasteiger partial charge in [-0.15, -0.1) is 0 Å². The molecule has 0 spiro atoms. The molecular weight excluding hydrogens is 327 g/mol. The van der Waals surface area contributed by atoms with Gasteiger partial charge in [-0.3, -0.25) is 9.59 Å². The van der Waals surface area contributed by atoms with Gasteiger partial charge in [0.2, 0.25) is 5.91 Å². The zero-order valence-electron chi connectivity index (χ0n) is 14.2. The predicted molar refractivity (Wildman–Crippen MR) is 88.7 cm³/mol. The van der Waals surface area contributed by atoms with Crippen LogP contribution in [0.5, 0.6) is 5.75 Å². The molecule has 0 radical (unpaired) electrons. The monoisotopic (exact) mass is 350 g/mol. The number of benzene rings is 1. The van der Waals surface area contributed by atoms with E-state index in [-0.39, 0.29) is 47.6 Å². The maximum Gasteiger partial charge on any atom is 0.254 e. The highest BCUT2D eigenvalue weighted by Crippen LogP contribution is 2.30. The van der Waals surface area contributed by atoms with Crippen molar-refractivity contribution in [3.8, 4) is 5.75 Å². The molecule has 1 aliphatic carbocycles. The van der Waals surface area contributed by atoms with Crippen molar-refractivity contribution in [2.75, 3.05) is 26.8 Å². The molecule has 1 aliphatic heterocycles. The second-order valence-corrected chi connectivity index (χ2v) is 6.72. The zero-order chi connectivity index (χ0) is 18.0. The third-order valence-electron chi connectivity index (χ3n) is 4.95. The van der Waals surface area contributed by atoms with Crippen molar-refractivity contribution in [2.45, 2.75) is 25.3 Å². The van der Waals surface area contributed by atoms with Gasteiger partial charge in [0.1, 0.15) is 0 Å². The van der Waals surface area contributed by atoms with Gasteiger partial charge >= 0.3 is 0 Å². The third-order valence-corrected chi connectivity index (χ3v) is 4.95. The molecular formula is C18H23FN2O4. The Hall–Kier alpha value is -2.15. The fraction of sp³-hybridized carbons (Fsp3) is 0.556. The fourth-order valence-electron chi connectivity index (χ4n) is 3.20. The Morgan fingerprint density at radius 1 is 1.36 bits per heavy atom. The van der Waals surface area contributed by atoms with Gasteiger partial charge < -0.3 is 20.1 Å². The molecule has 2 fully saturated rings. The highest BCUT2D eigenvalue weighted by molar-refractivity contribution is 5.94. The first-order valence-corrected chi connectivity index (χ1v) is 8.57. The SMILES string of the molecule is COc1ccc(C(=O)N2CC[C@H](CO)[C@H](NC(=O)C3CC3)C2)cc1F. The van der Waals surface area contributed by atoms with Crippen LogP contribution in [0.1, 0.15) is 29.6 Å². The Balaban J connectivity index is 1.69. The molecule has 0 bridgehead atoms. The second-order valence-electron chi connectivity index (χ2n) is 6.72. The lowest BCUT2D eigenvalue weighted by molar-refractivity contribution is -0.123. The van der Waals surface area contributed by atoms with E-state index in [0.717, 1.165) is 18.9 Å². The summed E-state index contributed by atoms with van der Waals surface area (Å²) in [4.78, 5) is 26.3. The molecule has 2 N–H and O–H groups in total. The van der Waals surface area contributed by atoms with E-state index in [0.29, 0.717) is 19.5 Å². The third kappa shape index (κ3) is 3.92. The summed E-state index contributed by atoms with van der Waals surface area (Å²) in [6.45, 7) is 0.748. The minimum atomic E-state index is -0.586. The lowest BCUT2D eigenvalue weighted by atomic mass is 9.91. The van der Waals surface area contributed by atoms with E-state index in [9.17, 15) is 19.1 Å². The normalized spacial score (nSPS) is 23.2. The van der Waals surface area contributed by atoms with Crippen molar-refractivity contribution >= 4 is 11.8 Å². The molecule has 0 aromatic heterocycles. The number of nitrogens with zero attached hydrogens (tertiary/aromatic N) is 1. The van der Waals surface area contributed by atoms with Crippen LogP contribution in [0.25, 0.3) is 0 Å². The van der Waals surface area contributed by atoms with Crippen LogP contribution in [-0.2, 0) is 4.79 Å². The first-order valence-electron chi connectivity index (χ1n) is 8.57. The minimum Gasteiger partial charge on any atom is -0.494 e. The van der Waals surface area contributed by atoms with Gasteiger partial charge in [-0.05, 0) is 37.5 Å². The van der Waals surface area contributed by atoms with Gasteiger partial charge in [-0.25, -0.2) is 4.39 Å². The summed E-state index contributed by atoms with van der Waals surface area (Å²) < 4.78 is 18.7. The van der Waals surface area contributed by atoms with Crippen molar-refractivity contribution in [3.05, 3.63) is 29.6 Å². The average Bonchev–Trinajstić information content (AvgIpc) is 3.46. The number of ether oxygens (including phenoxy) is 1. The maximum absolute atomic E-state index is 13.9. The lowest BCUT2D eigenvalue weighted by Gasteiger charge is -2.38. The number of aliphatic hydroxyl groups excluding tert-OH is 1. The van der Waals surface area contributed by atoms with Gasteiger partial charge in [0.15, 0.2) is 11.6 Å². The van der Waals surface area contributed by atoms with Crippen LogP contribution in [-0.4, -0.2) is 54.7 Å². The number of likely N-dealkylation sites (tertiary alicyclic amines) is 1. The van der Waals surface area contributed by atoms with Crippen molar-refractivity contribution < 1.29 is 23.8 Å². The molecule has 0 unspecified atom stereocenters. The van der Waals surface area contributed by atoms with Crippen LogP contribution in [0.3, 0.4) is 0 Å². The number of hydrogen-bond donors (Lipinski definition) is 2. The highest BCUT2D eigenvalue weighted by atomic mass is 19.1. The summed E-state index contributed by atoms with van der Waals surface area (Å²) in [5.41, 5.74) is 0.244. The molecule has 2 amide bonds. The molecule has 2 aliphatic rings. The van der Waals surface area contributed by atoms with E-state index in [1.807, 2.05) is 0 Å². The van der Waals surface area contributed by atoms with Crippen LogP contribution in [0.15, 0.2) is 18.2 Å². The topological polar surface area (TPSA) is 78.9 Å². The summed E-state index contributed by atoms with van der Waals surface area (Å²) in [5, 5.41) is 12.5. The molecule has 1 heterocycles. The van der Waals surface area contributed by atoms with Gasteiger partial charge in [0.25, 0.3) is 5.91 Å². The van der Waals surface area contributed by atoms with Gasteiger partial charge in [-0.1, -0.05) is 0 Å². The molecule has 2 atom stereocenters. The van der Waals surface area contributed by atoms with Gasteiger partial charge in [0, 0.05) is 37.1 Å². The molecule has 1 saturated heterocycles. The predicted octanol–water partition coefficient (Wildman–Crippen LogP) is 1.18. The Kier molecular flexibility index (Phi) is 5.22. The number of carbonyl (C=O) groups excluding carboxylic acids is 2. The summed E-state index contributed by atoms with van der Waals surface area (Å²) in [6.07, 6.45) is 2.39. The van der Waals surface area contributed by atoms with Crippen LogP contribution < -0.4 is 10.1 Å². The number of carbonyl (C=O) groups is 2. The van der Waals surface area contributed by atoms with Gasteiger partial charge in [0.05, 0.1) is 13.2 Å². The van der Waals surface area contributed by atoms with Crippen molar-refractivity contribution in [1.82, 2.24) is 10.2 Å². The van der Waals surface area contributed by atoms with Crippen LogP contribution in [0.2, 0.25) is 0 Å². The van der Waals surface area contributed by atoms with Crippen molar-refractivity contribution in [2.24, 2.45) is 11.8 Å². The Morgan fingerprint density at radius 3 is 2.72 bits per heavy atom. The van der Waals surface area contributed by atoms with E-state index in [4.69, 9.17) is 4.74 Å². The number of nitrogens with one attached hydrogen (secondary N) is 1. The number of methoxy groups -OCH3 is 1. The average molecular weight is 350 g/mol. The van der Waals surface area contributed by atoms with Crippen molar-refractivity contribution in [3.63, 3.8) is 0 Å². The summed E-state index contributed by atoms with van der Waals surface area (Å²) in [6, 6.07) is 3.84. The van der Waals surface area contributed by atoms with Crippen molar-refractivity contribution in [1.29, 1.82) is 0 Å². The van der Waals surface area contributed by atoms with Crippen LogP contribution in [0, 0.1) is 17.7 Å². The summed E-state index contributed by atoms with van der Waals surface area (Å²) >= 11 is 0. The fourth-order valence-corrected chi connectivity index (χ4v) is 3.20. The Labute approximate surface area is 146 Å². The molecule has 1 aromatic carbocycles. The first kappa shape index (κ1) is 17.7. The van der Waals surface area contributed by atoms with E-state index < -0.39 is 5.82 Å². The first-order chi connectivity index (χ1) is 12.0. The number of piperidine rings is 1. The largest absolute Gasteiger partial charge is 0.494 e. The molecule has 6 nitrogen and oxygen atoms in total. The second kappa shape index (κ2) is 7.39. The molecule has 7 heteroatoms. The Bertz CT molecular complexity index is 662. The quantitative estimate of drug-likeness (QED) is 0.836. The molecule has 1 saturated carbocycles. The number of rotatable bonds is 5. The molecule has 136 valence electrons. The summed E-state index contributed by atoms with van der Waals surface area (Å²) in [7, 11) is 1.37. The standard InChI is InChI=1S/C18H23FN2O4/c1-25-16-5-4-12(8-14(16)19)18(24)21-7-6-13(10-22)15(9-21)20-17(23)11-2-3-11/h4-5,8,11,13,15,22H,2-3,6-7,9-10H2,1H3,(H,20,23)/t13-,15-/m1/s1. The van der Waals surface area contributed by atoms with E-state index >= 15 is 0 Å². The molecule has 1 aromatic rings. The molecule has 25 heavy (non-hydrogen) atoms.